The molecule has 1 aromatic heterocycles. The summed E-state index contributed by atoms with van der Waals surface area (Å²) in [5.74, 6) is 0. The lowest BCUT2D eigenvalue weighted by Gasteiger charge is -2.22. The molecule has 6 heteroatoms. The minimum absolute atomic E-state index is 0. The van der Waals surface area contributed by atoms with Crippen LogP contribution in [0.3, 0.4) is 0 Å². The van der Waals surface area contributed by atoms with Crippen LogP contribution in [0.2, 0.25) is 5.02 Å². The summed E-state index contributed by atoms with van der Waals surface area (Å²) >= 11 is 6.38. The van der Waals surface area contributed by atoms with Crippen molar-refractivity contribution in [1.82, 2.24) is 20.0 Å². The van der Waals surface area contributed by atoms with Gasteiger partial charge >= 0.3 is 0 Å². The average molecular weight is 367 g/mol. The second-order valence-corrected chi connectivity index (χ2v) is 7.45. The molecule has 2 saturated heterocycles. The quantitative estimate of drug-likeness (QED) is 0.903. The van der Waals surface area contributed by atoms with E-state index in [2.05, 4.69) is 27.6 Å². The lowest BCUT2D eigenvalue weighted by Crippen LogP contribution is -2.29. The first kappa shape index (κ1) is 17.7. The minimum Gasteiger partial charge on any atom is -0.316 e. The largest absolute Gasteiger partial charge is 0.316 e. The molecule has 1 atom stereocenters. The molecule has 2 aliphatic rings. The van der Waals surface area contributed by atoms with Crippen molar-refractivity contribution >= 4 is 24.0 Å². The molecule has 2 aliphatic heterocycles. The van der Waals surface area contributed by atoms with Crippen molar-refractivity contribution in [3.63, 3.8) is 0 Å². The highest BCUT2D eigenvalue weighted by atomic mass is 35.5. The first-order valence-electron chi connectivity index (χ1n) is 8.36. The van der Waals surface area contributed by atoms with Gasteiger partial charge in [-0.1, -0.05) is 29.8 Å². The highest BCUT2D eigenvalue weighted by Gasteiger charge is 2.40. The molecule has 4 nitrogen and oxygen atoms in total. The third-order valence-corrected chi connectivity index (χ3v) is 5.61. The molecule has 3 heterocycles. The molecule has 0 bridgehead atoms. The van der Waals surface area contributed by atoms with Crippen molar-refractivity contribution in [2.75, 3.05) is 26.2 Å². The standard InChI is InChI=1S/C18H23ClN4.ClH/c1-22-10-14(17(21-22)15-4-2-3-5-16(15)19)11-23-9-7-18(13-23)6-8-20-12-18;/h2-5,10,20H,6-9,11-13H2,1H3;1H. The average Bonchev–Trinajstić information content (AvgIpc) is 3.23. The van der Waals surface area contributed by atoms with Crippen molar-refractivity contribution in [1.29, 1.82) is 0 Å². The highest BCUT2D eigenvalue weighted by molar-refractivity contribution is 6.33. The van der Waals surface area contributed by atoms with Crippen LogP contribution >= 0.6 is 24.0 Å². The lowest BCUT2D eigenvalue weighted by atomic mass is 9.86. The fourth-order valence-electron chi connectivity index (χ4n) is 4.08. The van der Waals surface area contributed by atoms with Gasteiger partial charge in [-0.3, -0.25) is 9.58 Å². The second kappa shape index (κ2) is 7.04. The molecule has 24 heavy (non-hydrogen) atoms. The summed E-state index contributed by atoms with van der Waals surface area (Å²) < 4.78 is 1.90. The van der Waals surface area contributed by atoms with E-state index in [0.717, 1.165) is 22.8 Å². The van der Waals surface area contributed by atoms with Gasteiger partial charge in [0.05, 0.1) is 10.7 Å². The first-order chi connectivity index (χ1) is 11.2. The Morgan fingerprint density at radius 2 is 2.12 bits per heavy atom. The van der Waals surface area contributed by atoms with Crippen LogP contribution in [0.1, 0.15) is 18.4 Å². The van der Waals surface area contributed by atoms with Crippen molar-refractivity contribution in [3.05, 3.63) is 41.0 Å². The van der Waals surface area contributed by atoms with Gasteiger partial charge in [-0.05, 0) is 37.4 Å². The molecular formula is C18H24Cl2N4. The fraction of sp³-hybridized carbons (Fsp3) is 0.500. The monoisotopic (exact) mass is 366 g/mol. The summed E-state index contributed by atoms with van der Waals surface area (Å²) in [4.78, 5) is 2.57. The van der Waals surface area contributed by atoms with Crippen LogP contribution < -0.4 is 5.32 Å². The molecule has 0 amide bonds. The Bertz CT molecular complexity index is 707. The molecule has 0 aliphatic carbocycles. The van der Waals surface area contributed by atoms with E-state index < -0.39 is 0 Å². The molecule has 4 rings (SSSR count). The topological polar surface area (TPSA) is 33.1 Å². The van der Waals surface area contributed by atoms with Crippen molar-refractivity contribution < 1.29 is 0 Å². The van der Waals surface area contributed by atoms with Gasteiger partial charge in [0, 0.05) is 44.0 Å². The number of likely N-dealkylation sites (tertiary alicyclic amines) is 1. The third kappa shape index (κ3) is 3.33. The van der Waals surface area contributed by atoms with Crippen molar-refractivity contribution in [2.45, 2.75) is 19.4 Å². The number of benzene rings is 1. The molecule has 0 saturated carbocycles. The summed E-state index contributed by atoms with van der Waals surface area (Å²) in [5, 5.41) is 8.96. The summed E-state index contributed by atoms with van der Waals surface area (Å²) in [6.45, 7) is 5.67. The number of hydrogen-bond acceptors (Lipinski definition) is 3. The first-order valence-corrected chi connectivity index (χ1v) is 8.74. The smallest absolute Gasteiger partial charge is 0.0983 e. The van der Waals surface area contributed by atoms with Crippen LogP contribution in [-0.2, 0) is 13.6 Å². The summed E-state index contributed by atoms with van der Waals surface area (Å²) in [7, 11) is 1.98. The van der Waals surface area contributed by atoms with E-state index in [4.69, 9.17) is 11.6 Å². The summed E-state index contributed by atoms with van der Waals surface area (Å²) in [5.41, 5.74) is 3.82. The van der Waals surface area contributed by atoms with Crippen LogP contribution in [-0.4, -0.2) is 40.9 Å². The fourth-order valence-corrected chi connectivity index (χ4v) is 4.31. The number of aryl methyl sites for hydroxylation is 1. The van der Waals surface area contributed by atoms with Crippen molar-refractivity contribution in [2.24, 2.45) is 12.5 Å². The van der Waals surface area contributed by atoms with Gasteiger partial charge in [-0.2, -0.15) is 5.10 Å². The van der Waals surface area contributed by atoms with Crippen LogP contribution in [0.25, 0.3) is 11.3 Å². The number of halogens is 2. The van der Waals surface area contributed by atoms with E-state index in [-0.39, 0.29) is 12.4 Å². The van der Waals surface area contributed by atoms with E-state index in [1.165, 1.54) is 44.6 Å². The Kier molecular flexibility index (Phi) is 5.21. The van der Waals surface area contributed by atoms with E-state index in [0.29, 0.717) is 5.41 Å². The van der Waals surface area contributed by atoms with E-state index >= 15 is 0 Å². The molecule has 2 fully saturated rings. The van der Waals surface area contributed by atoms with E-state index in [1.54, 1.807) is 0 Å². The predicted molar refractivity (Wildman–Crippen MR) is 101 cm³/mol. The van der Waals surface area contributed by atoms with Gasteiger partial charge in [0.2, 0.25) is 0 Å². The molecule has 1 unspecified atom stereocenters. The Morgan fingerprint density at radius 3 is 2.88 bits per heavy atom. The van der Waals surface area contributed by atoms with Gasteiger partial charge < -0.3 is 5.32 Å². The summed E-state index contributed by atoms with van der Waals surface area (Å²) in [6, 6.07) is 7.98. The molecule has 1 N–H and O–H groups in total. The Morgan fingerprint density at radius 1 is 1.29 bits per heavy atom. The molecule has 130 valence electrons. The molecule has 0 radical (unpaired) electrons. The van der Waals surface area contributed by atoms with Gasteiger partial charge in [0.25, 0.3) is 0 Å². The van der Waals surface area contributed by atoms with Gasteiger partial charge in [-0.25, -0.2) is 0 Å². The van der Waals surface area contributed by atoms with Crippen LogP contribution in [0, 0.1) is 5.41 Å². The predicted octanol–water partition coefficient (Wildman–Crippen LogP) is 3.35. The Hall–Kier alpha value is -1.07. The number of nitrogens with one attached hydrogen (secondary N) is 1. The SMILES string of the molecule is Cl.Cn1cc(CN2CCC3(CCNC3)C2)c(-c2ccccc2Cl)n1. The Balaban J connectivity index is 0.00000169. The van der Waals surface area contributed by atoms with Crippen LogP contribution in [0.5, 0.6) is 0 Å². The molecule has 1 aromatic carbocycles. The zero-order valence-electron chi connectivity index (χ0n) is 14.0. The maximum atomic E-state index is 6.38. The van der Waals surface area contributed by atoms with E-state index in [1.807, 2.05) is 29.9 Å². The zero-order chi connectivity index (χ0) is 15.9. The third-order valence-electron chi connectivity index (χ3n) is 5.28. The van der Waals surface area contributed by atoms with Crippen LogP contribution in [0.15, 0.2) is 30.5 Å². The summed E-state index contributed by atoms with van der Waals surface area (Å²) in [6.07, 6.45) is 4.76. The molecular weight excluding hydrogens is 343 g/mol. The van der Waals surface area contributed by atoms with Gasteiger partial charge in [0.1, 0.15) is 0 Å². The number of hydrogen-bond donors (Lipinski definition) is 1. The van der Waals surface area contributed by atoms with Crippen LogP contribution in [0.4, 0.5) is 0 Å². The zero-order valence-corrected chi connectivity index (χ0v) is 15.5. The number of rotatable bonds is 3. The minimum atomic E-state index is 0. The van der Waals surface area contributed by atoms with Crippen molar-refractivity contribution in [3.8, 4) is 11.3 Å². The maximum Gasteiger partial charge on any atom is 0.0983 e. The van der Waals surface area contributed by atoms with E-state index in [9.17, 15) is 0 Å². The number of nitrogens with zero attached hydrogens (tertiary/aromatic N) is 3. The second-order valence-electron chi connectivity index (χ2n) is 7.04. The highest BCUT2D eigenvalue weighted by Crippen LogP contribution is 2.37. The van der Waals surface area contributed by atoms with Gasteiger partial charge in [0.15, 0.2) is 0 Å². The number of aromatic nitrogens is 2. The maximum absolute atomic E-state index is 6.38. The molecule has 2 aromatic rings. The van der Waals surface area contributed by atoms with Gasteiger partial charge in [-0.15, -0.1) is 12.4 Å². The Labute approximate surface area is 154 Å². The lowest BCUT2D eigenvalue weighted by molar-refractivity contribution is 0.269. The normalized spacial score (nSPS) is 23.8. The molecule has 1 spiro atoms.